The summed E-state index contributed by atoms with van der Waals surface area (Å²) >= 11 is 0. The van der Waals surface area contributed by atoms with Crippen LogP contribution in [0.5, 0.6) is 11.5 Å². The molecule has 0 aliphatic heterocycles. The molecule has 0 saturated heterocycles. The maximum atomic E-state index is 13.4. The van der Waals surface area contributed by atoms with Gasteiger partial charge in [-0.3, -0.25) is 9.78 Å². The number of hydrogen-bond donors (Lipinski definition) is 1. The second-order valence-electron chi connectivity index (χ2n) is 5.65. The highest BCUT2D eigenvalue weighted by molar-refractivity contribution is 5.93. The topological polar surface area (TPSA) is 85.7 Å². The average Bonchev–Trinajstić information content (AvgIpc) is 2.73. The third-order valence-electron chi connectivity index (χ3n) is 3.74. The van der Waals surface area contributed by atoms with Crippen LogP contribution >= 0.6 is 0 Å². The maximum Gasteiger partial charge on any atom is 0.291 e. The molecule has 0 bridgehead atoms. The summed E-state index contributed by atoms with van der Waals surface area (Å²) in [6.07, 6.45) is 4.21. The molecule has 0 fully saturated rings. The van der Waals surface area contributed by atoms with E-state index in [9.17, 15) is 9.18 Å². The molecule has 2 aromatic carbocycles. The van der Waals surface area contributed by atoms with Crippen molar-refractivity contribution in [3.05, 3.63) is 71.9 Å². The summed E-state index contributed by atoms with van der Waals surface area (Å²) in [6.45, 7) is 0. The van der Waals surface area contributed by atoms with E-state index in [4.69, 9.17) is 9.47 Å². The van der Waals surface area contributed by atoms with Crippen molar-refractivity contribution in [3.63, 3.8) is 0 Å². The van der Waals surface area contributed by atoms with Crippen molar-refractivity contribution in [2.75, 3.05) is 14.2 Å². The van der Waals surface area contributed by atoms with Crippen LogP contribution in [0.15, 0.2) is 60.0 Å². The molecule has 1 heterocycles. The van der Waals surface area contributed by atoms with E-state index in [0.717, 1.165) is 0 Å². The summed E-state index contributed by atoms with van der Waals surface area (Å²) in [5, 5.41) is 3.92. The number of carbonyl (C=O) groups is 1. The minimum absolute atomic E-state index is 0.0575. The molecule has 3 rings (SSSR count). The Morgan fingerprint density at radius 2 is 1.86 bits per heavy atom. The molecule has 0 aliphatic carbocycles. The smallest absolute Gasteiger partial charge is 0.291 e. The lowest BCUT2D eigenvalue weighted by Gasteiger charge is -2.06. The van der Waals surface area contributed by atoms with E-state index in [-0.39, 0.29) is 5.69 Å². The Bertz CT molecular complexity index is 1000. The van der Waals surface area contributed by atoms with Gasteiger partial charge in [-0.15, -0.1) is 0 Å². The Morgan fingerprint density at radius 1 is 1.11 bits per heavy atom. The third-order valence-corrected chi connectivity index (χ3v) is 3.74. The summed E-state index contributed by atoms with van der Waals surface area (Å²) in [5.74, 6) is 0.255. The molecule has 0 spiro atoms. The van der Waals surface area contributed by atoms with Gasteiger partial charge in [-0.25, -0.2) is 14.8 Å². The second kappa shape index (κ2) is 8.72. The first-order valence-corrected chi connectivity index (χ1v) is 8.23. The highest BCUT2D eigenvalue weighted by atomic mass is 19.1. The Labute approximate surface area is 160 Å². The van der Waals surface area contributed by atoms with Crippen LogP contribution in [0.3, 0.4) is 0 Å². The minimum Gasteiger partial charge on any atom is -0.497 e. The van der Waals surface area contributed by atoms with Gasteiger partial charge in [-0.1, -0.05) is 12.1 Å². The number of ether oxygens (including phenoxy) is 2. The molecule has 0 radical (unpaired) electrons. The van der Waals surface area contributed by atoms with Crippen molar-refractivity contribution in [1.29, 1.82) is 0 Å². The molecule has 7 nitrogen and oxygen atoms in total. The van der Waals surface area contributed by atoms with E-state index in [1.165, 1.54) is 30.7 Å². The molecule has 142 valence electrons. The zero-order valence-corrected chi connectivity index (χ0v) is 15.2. The molecule has 1 amide bonds. The van der Waals surface area contributed by atoms with Crippen molar-refractivity contribution >= 4 is 12.1 Å². The molecule has 0 unspecified atom stereocenters. The van der Waals surface area contributed by atoms with Crippen LogP contribution in [0.25, 0.3) is 11.3 Å². The van der Waals surface area contributed by atoms with Crippen LogP contribution in [-0.2, 0) is 0 Å². The molecule has 0 atom stereocenters. The van der Waals surface area contributed by atoms with Crippen LogP contribution in [0.2, 0.25) is 0 Å². The van der Waals surface area contributed by atoms with Crippen molar-refractivity contribution in [2.24, 2.45) is 5.10 Å². The first-order chi connectivity index (χ1) is 13.6. The predicted octanol–water partition coefficient (Wildman–Crippen LogP) is 3.06. The minimum atomic E-state index is -0.545. The monoisotopic (exact) mass is 380 g/mol. The second-order valence-corrected chi connectivity index (χ2v) is 5.65. The van der Waals surface area contributed by atoms with E-state index in [1.54, 1.807) is 44.6 Å². The lowest BCUT2D eigenvalue weighted by Crippen LogP contribution is -2.19. The van der Waals surface area contributed by atoms with Crippen molar-refractivity contribution in [3.8, 4) is 22.8 Å². The van der Waals surface area contributed by atoms with Gasteiger partial charge < -0.3 is 9.47 Å². The number of benzene rings is 2. The van der Waals surface area contributed by atoms with Gasteiger partial charge in [0.25, 0.3) is 5.91 Å². The van der Waals surface area contributed by atoms with Crippen molar-refractivity contribution in [1.82, 2.24) is 15.4 Å². The molecule has 0 aliphatic rings. The quantitative estimate of drug-likeness (QED) is 0.525. The van der Waals surface area contributed by atoms with Gasteiger partial charge in [0.2, 0.25) is 0 Å². The largest absolute Gasteiger partial charge is 0.497 e. The van der Waals surface area contributed by atoms with Crippen LogP contribution in [-0.4, -0.2) is 36.3 Å². The van der Waals surface area contributed by atoms with Gasteiger partial charge in [0, 0.05) is 17.2 Å². The summed E-state index contributed by atoms with van der Waals surface area (Å²) in [7, 11) is 3.09. The van der Waals surface area contributed by atoms with Crippen molar-refractivity contribution in [2.45, 2.75) is 0 Å². The van der Waals surface area contributed by atoms with Crippen LogP contribution < -0.4 is 14.9 Å². The first-order valence-electron chi connectivity index (χ1n) is 8.23. The summed E-state index contributed by atoms with van der Waals surface area (Å²) in [6, 6.07) is 11.1. The first kappa shape index (κ1) is 19.0. The number of nitrogens with one attached hydrogen (secondary N) is 1. The molecule has 3 aromatic rings. The van der Waals surface area contributed by atoms with Crippen LogP contribution in [0.4, 0.5) is 4.39 Å². The molecule has 1 N–H and O–H groups in total. The van der Waals surface area contributed by atoms with Crippen LogP contribution in [0.1, 0.15) is 16.1 Å². The number of halogens is 1. The van der Waals surface area contributed by atoms with Crippen molar-refractivity contribution < 1.29 is 18.7 Å². The van der Waals surface area contributed by atoms with Gasteiger partial charge in [0.1, 0.15) is 23.0 Å². The summed E-state index contributed by atoms with van der Waals surface area (Å²) in [4.78, 5) is 20.5. The maximum absolute atomic E-state index is 13.4. The Hall–Kier alpha value is -3.81. The molecular formula is C20H17FN4O3. The zero-order chi connectivity index (χ0) is 19.9. The summed E-state index contributed by atoms with van der Waals surface area (Å²) in [5.41, 5.74) is 4.02. The predicted molar refractivity (Wildman–Crippen MR) is 102 cm³/mol. The molecule has 1 aromatic heterocycles. The fraction of sp³-hybridized carbons (Fsp3) is 0.100. The SMILES string of the molecule is COc1cc(/C=N/NC(=O)c2cncc(-c3cccc(F)c3)n2)cc(OC)c1. The van der Waals surface area contributed by atoms with Gasteiger partial charge in [0.15, 0.2) is 0 Å². The number of hydrogen-bond acceptors (Lipinski definition) is 6. The standard InChI is InChI=1S/C20H17FN4O3/c1-27-16-6-13(7-17(9-16)28-2)10-23-25-20(26)19-12-22-11-18(24-19)14-4-3-5-15(21)8-14/h3-12H,1-2H3,(H,25,26)/b23-10+. The lowest BCUT2D eigenvalue weighted by molar-refractivity contribution is 0.0950. The number of carbonyl (C=O) groups excluding carboxylic acids is 1. The number of aromatic nitrogens is 2. The number of nitrogens with zero attached hydrogens (tertiary/aromatic N) is 3. The Balaban J connectivity index is 1.73. The van der Waals surface area contributed by atoms with E-state index < -0.39 is 11.7 Å². The van der Waals surface area contributed by atoms with Crippen LogP contribution in [0, 0.1) is 5.82 Å². The fourth-order valence-electron chi connectivity index (χ4n) is 2.39. The van der Waals surface area contributed by atoms with E-state index >= 15 is 0 Å². The van der Waals surface area contributed by atoms with Gasteiger partial charge >= 0.3 is 0 Å². The lowest BCUT2D eigenvalue weighted by atomic mass is 10.1. The number of rotatable bonds is 6. The van der Waals surface area contributed by atoms with E-state index in [1.807, 2.05) is 0 Å². The van der Waals surface area contributed by atoms with E-state index in [0.29, 0.717) is 28.3 Å². The average molecular weight is 380 g/mol. The molecule has 0 saturated carbocycles. The Morgan fingerprint density at radius 3 is 2.54 bits per heavy atom. The van der Waals surface area contributed by atoms with E-state index in [2.05, 4.69) is 20.5 Å². The number of methoxy groups -OCH3 is 2. The number of hydrazone groups is 1. The zero-order valence-electron chi connectivity index (χ0n) is 15.2. The molecule has 8 heteroatoms. The normalized spacial score (nSPS) is 10.7. The van der Waals surface area contributed by atoms with Gasteiger partial charge in [-0.05, 0) is 24.3 Å². The van der Waals surface area contributed by atoms with Gasteiger partial charge in [0.05, 0.1) is 38.5 Å². The summed E-state index contributed by atoms with van der Waals surface area (Å²) < 4.78 is 23.8. The third kappa shape index (κ3) is 4.67. The number of amides is 1. The molecular weight excluding hydrogens is 363 g/mol. The molecule has 28 heavy (non-hydrogen) atoms. The van der Waals surface area contributed by atoms with Gasteiger partial charge in [-0.2, -0.15) is 5.10 Å². The fourth-order valence-corrected chi connectivity index (χ4v) is 2.39. The highest BCUT2D eigenvalue weighted by Gasteiger charge is 2.09. The Kier molecular flexibility index (Phi) is 5.91. The highest BCUT2D eigenvalue weighted by Crippen LogP contribution is 2.21.